The van der Waals surface area contributed by atoms with E-state index >= 15 is 0 Å². The maximum Gasteiger partial charge on any atom is 0.434 e. The Morgan fingerprint density at radius 3 is 2.68 bits per heavy atom. The Balaban J connectivity index is 0.00000180. The van der Waals surface area contributed by atoms with E-state index in [0.717, 1.165) is 16.7 Å². The van der Waals surface area contributed by atoms with Gasteiger partial charge in [-0.2, -0.15) is 13.2 Å². The lowest BCUT2D eigenvalue weighted by molar-refractivity contribution is -0.140. The predicted octanol–water partition coefficient (Wildman–Crippen LogP) is 1.46. The van der Waals surface area contributed by atoms with Crippen LogP contribution in [0, 0.1) is 5.92 Å². The van der Waals surface area contributed by atoms with Gasteiger partial charge in [0.2, 0.25) is 5.91 Å². The number of amides is 1. The molecule has 0 spiro atoms. The zero-order valence-electron chi connectivity index (χ0n) is 9.79. The molecular weight excluding hydrogens is 303 g/mol. The van der Waals surface area contributed by atoms with E-state index in [1.165, 1.54) is 0 Å². The fourth-order valence-corrected chi connectivity index (χ4v) is 2.27. The zero-order valence-corrected chi connectivity index (χ0v) is 11.4. The molecule has 0 bridgehead atoms. The van der Waals surface area contributed by atoms with Crippen molar-refractivity contribution < 1.29 is 18.0 Å². The highest BCUT2D eigenvalue weighted by atomic mass is 35.5. The molecule has 1 aliphatic heterocycles. The van der Waals surface area contributed by atoms with Gasteiger partial charge in [-0.15, -0.1) is 23.7 Å². The molecule has 1 amide bonds. The van der Waals surface area contributed by atoms with E-state index < -0.39 is 11.9 Å². The molecule has 2 rings (SSSR count). The van der Waals surface area contributed by atoms with Crippen molar-refractivity contribution in [3.63, 3.8) is 0 Å². The molecule has 0 saturated carbocycles. The third-order valence-electron chi connectivity index (χ3n) is 2.63. The van der Waals surface area contributed by atoms with Crippen molar-refractivity contribution in [3.05, 3.63) is 16.1 Å². The van der Waals surface area contributed by atoms with Gasteiger partial charge in [0, 0.05) is 31.4 Å². The summed E-state index contributed by atoms with van der Waals surface area (Å²) >= 11 is 0.961. The van der Waals surface area contributed by atoms with Gasteiger partial charge in [0.1, 0.15) is 0 Å². The maximum atomic E-state index is 12.3. The van der Waals surface area contributed by atoms with E-state index in [1.807, 2.05) is 0 Å². The first-order chi connectivity index (χ1) is 8.47. The van der Waals surface area contributed by atoms with E-state index in [4.69, 9.17) is 0 Å². The van der Waals surface area contributed by atoms with Gasteiger partial charge in [0.25, 0.3) is 0 Å². The van der Waals surface area contributed by atoms with Crippen LogP contribution in [0.25, 0.3) is 0 Å². The molecule has 1 aromatic rings. The molecule has 0 unspecified atom stereocenters. The normalized spacial score (nSPS) is 15.5. The second-order valence-electron chi connectivity index (χ2n) is 4.02. The molecule has 4 nitrogen and oxygen atoms in total. The van der Waals surface area contributed by atoms with E-state index in [-0.39, 0.29) is 24.2 Å². The average molecular weight is 316 g/mol. The van der Waals surface area contributed by atoms with Crippen molar-refractivity contribution in [1.82, 2.24) is 15.6 Å². The fraction of sp³-hybridized carbons (Fsp3) is 0.600. The summed E-state index contributed by atoms with van der Waals surface area (Å²) < 4.78 is 36.8. The topological polar surface area (TPSA) is 54.0 Å². The Labute approximate surface area is 118 Å². The van der Waals surface area contributed by atoms with E-state index in [9.17, 15) is 18.0 Å². The van der Waals surface area contributed by atoms with Gasteiger partial charge in [-0.05, 0) is 0 Å². The molecule has 0 radical (unpaired) electrons. The number of hydrogen-bond acceptors (Lipinski definition) is 4. The van der Waals surface area contributed by atoms with Crippen molar-refractivity contribution in [3.8, 4) is 0 Å². The van der Waals surface area contributed by atoms with Crippen LogP contribution in [0.4, 0.5) is 13.2 Å². The van der Waals surface area contributed by atoms with Crippen LogP contribution in [0.2, 0.25) is 0 Å². The monoisotopic (exact) mass is 315 g/mol. The second-order valence-corrected chi connectivity index (χ2v) is 4.96. The van der Waals surface area contributed by atoms with Crippen LogP contribution >= 0.6 is 23.7 Å². The van der Waals surface area contributed by atoms with E-state index in [1.54, 1.807) is 0 Å². The summed E-state index contributed by atoms with van der Waals surface area (Å²) in [7, 11) is 0. The lowest BCUT2D eigenvalue weighted by Gasteiger charge is -2.25. The lowest BCUT2D eigenvalue weighted by Crippen LogP contribution is -2.51. The summed E-state index contributed by atoms with van der Waals surface area (Å²) in [4.78, 5) is 14.9. The first-order valence-corrected chi connectivity index (χ1v) is 6.35. The molecule has 9 heteroatoms. The molecule has 0 aromatic carbocycles. The third kappa shape index (κ3) is 4.32. The van der Waals surface area contributed by atoms with Gasteiger partial charge in [-0.3, -0.25) is 4.79 Å². The number of rotatable bonds is 4. The smallest absolute Gasteiger partial charge is 0.355 e. The quantitative estimate of drug-likeness (QED) is 0.884. The van der Waals surface area contributed by atoms with Gasteiger partial charge in [-0.25, -0.2) is 4.98 Å². The number of alkyl halides is 3. The average Bonchev–Trinajstić information content (AvgIpc) is 2.62. The standard InChI is InChI=1S/C10H12F3N3OS.ClH/c11-10(12,13)7-5-18-8(16-7)1-2-15-9(17)6-3-14-4-6;/h5-6,14H,1-4H2,(H,15,17);1H. The largest absolute Gasteiger partial charge is 0.434 e. The van der Waals surface area contributed by atoms with Crippen molar-refractivity contribution in [2.45, 2.75) is 12.6 Å². The first-order valence-electron chi connectivity index (χ1n) is 5.47. The highest BCUT2D eigenvalue weighted by Gasteiger charge is 2.33. The summed E-state index contributed by atoms with van der Waals surface area (Å²) in [6, 6.07) is 0. The molecule has 0 aliphatic carbocycles. The Kier molecular flexibility index (Phi) is 5.57. The summed E-state index contributed by atoms with van der Waals surface area (Å²) in [6.45, 7) is 1.66. The van der Waals surface area contributed by atoms with Crippen molar-refractivity contribution in [2.24, 2.45) is 5.92 Å². The zero-order chi connectivity index (χ0) is 13.2. The summed E-state index contributed by atoms with van der Waals surface area (Å²) in [5.41, 5.74) is -0.864. The molecule has 0 atom stereocenters. The third-order valence-corrected chi connectivity index (χ3v) is 3.54. The van der Waals surface area contributed by atoms with Crippen molar-refractivity contribution >= 4 is 29.7 Å². The van der Waals surface area contributed by atoms with Gasteiger partial charge >= 0.3 is 6.18 Å². The van der Waals surface area contributed by atoms with E-state index in [0.29, 0.717) is 31.1 Å². The van der Waals surface area contributed by atoms with Crippen LogP contribution in [0.3, 0.4) is 0 Å². The molecule has 2 N–H and O–H groups in total. The number of carbonyl (C=O) groups excluding carboxylic acids is 1. The SMILES string of the molecule is Cl.O=C(NCCc1nc(C(F)(F)F)cs1)C1CNC1. The van der Waals surface area contributed by atoms with Crippen LogP contribution < -0.4 is 10.6 Å². The van der Waals surface area contributed by atoms with Crippen LogP contribution in [0.1, 0.15) is 10.7 Å². The summed E-state index contributed by atoms with van der Waals surface area (Å²) in [5.74, 6) is -0.0617. The van der Waals surface area contributed by atoms with Crippen molar-refractivity contribution in [2.75, 3.05) is 19.6 Å². The Bertz CT molecular complexity index is 434. The van der Waals surface area contributed by atoms with Crippen LogP contribution in [-0.2, 0) is 17.4 Å². The minimum absolute atomic E-state index is 0. The van der Waals surface area contributed by atoms with Gasteiger partial charge in [0.05, 0.1) is 10.9 Å². The van der Waals surface area contributed by atoms with Crippen molar-refractivity contribution in [1.29, 1.82) is 0 Å². The molecule has 108 valence electrons. The lowest BCUT2D eigenvalue weighted by atomic mass is 10.0. The molecular formula is C10H13ClF3N3OS. The van der Waals surface area contributed by atoms with Crippen LogP contribution in [0.15, 0.2) is 5.38 Å². The molecule has 1 fully saturated rings. The predicted molar refractivity (Wildman–Crippen MR) is 67.4 cm³/mol. The highest BCUT2D eigenvalue weighted by molar-refractivity contribution is 7.09. The number of aromatic nitrogens is 1. The molecule has 1 aliphatic rings. The maximum absolute atomic E-state index is 12.3. The minimum atomic E-state index is -4.39. The fourth-order valence-electron chi connectivity index (χ4n) is 1.47. The molecule has 19 heavy (non-hydrogen) atoms. The van der Waals surface area contributed by atoms with Crippen LogP contribution in [-0.4, -0.2) is 30.5 Å². The first kappa shape index (κ1) is 16.2. The number of halogens is 4. The second kappa shape index (κ2) is 6.53. The summed E-state index contributed by atoms with van der Waals surface area (Å²) in [5, 5.41) is 7.04. The Morgan fingerprint density at radius 1 is 1.53 bits per heavy atom. The molecule has 1 saturated heterocycles. The van der Waals surface area contributed by atoms with Gasteiger partial charge in [-0.1, -0.05) is 0 Å². The van der Waals surface area contributed by atoms with E-state index in [2.05, 4.69) is 15.6 Å². The van der Waals surface area contributed by atoms with Gasteiger partial charge < -0.3 is 10.6 Å². The number of nitrogens with zero attached hydrogens (tertiary/aromatic N) is 1. The number of hydrogen-bond donors (Lipinski definition) is 2. The molecule has 1 aromatic heterocycles. The number of nitrogens with one attached hydrogen (secondary N) is 2. The minimum Gasteiger partial charge on any atom is -0.355 e. The summed E-state index contributed by atoms with van der Waals surface area (Å²) in [6.07, 6.45) is -4.07. The molecule has 2 heterocycles. The highest BCUT2D eigenvalue weighted by Crippen LogP contribution is 2.29. The Hall–Kier alpha value is -0.860. The number of carbonyl (C=O) groups is 1. The number of thiazole rings is 1. The van der Waals surface area contributed by atoms with Crippen LogP contribution in [0.5, 0.6) is 0 Å². The van der Waals surface area contributed by atoms with Gasteiger partial charge in [0.15, 0.2) is 5.69 Å². The Morgan fingerprint density at radius 2 is 2.21 bits per heavy atom.